The summed E-state index contributed by atoms with van der Waals surface area (Å²) in [4.78, 5) is 6.44. The van der Waals surface area contributed by atoms with Crippen LogP contribution in [0.4, 0.5) is 24.0 Å². The van der Waals surface area contributed by atoms with Crippen molar-refractivity contribution in [3.05, 3.63) is 70.2 Å². The Hall–Kier alpha value is -2.65. The number of rotatable bonds is 5. The Labute approximate surface area is 173 Å². The van der Waals surface area contributed by atoms with E-state index in [9.17, 15) is 13.2 Å². The van der Waals surface area contributed by atoms with Crippen LogP contribution in [0.15, 0.2) is 53.9 Å². The lowest BCUT2D eigenvalue weighted by Gasteiger charge is -2.06. The summed E-state index contributed by atoms with van der Waals surface area (Å²) >= 11 is 2.98. The smallest absolute Gasteiger partial charge is 0.332 e. The predicted octanol–water partition coefficient (Wildman–Crippen LogP) is 6.52. The first-order valence-corrected chi connectivity index (χ1v) is 10.5. The van der Waals surface area contributed by atoms with Gasteiger partial charge in [-0.05, 0) is 30.3 Å². The lowest BCUT2D eigenvalue weighted by Crippen LogP contribution is -2.06. The summed E-state index contributed by atoms with van der Waals surface area (Å²) in [5, 5.41) is 9.68. The molecule has 0 saturated carbocycles. The second-order valence-electron chi connectivity index (χ2n) is 6.53. The maximum atomic E-state index is 12.9. The van der Waals surface area contributed by atoms with E-state index in [0.717, 1.165) is 32.3 Å². The summed E-state index contributed by atoms with van der Waals surface area (Å²) < 4.78 is 40.0. The van der Waals surface area contributed by atoms with Crippen molar-refractivity contribution in [1.82, 2.24) is 14.8 Å². The fourth-order valence-electron chi connectivity index (χ4n) is 2.89. The van der Waals surface area contributed by atoms with Crippen molar-refractivity contribution >= 4 is 33.5 Å². The fourth-order valence-corrected chi connectivity index (χ4v) is 4.84. The predicted molar refractivity (Wildman–Crippen MR) is 111 cm³/mol. The van der Waals surface area contributed by atoms with E-state index in [4.69, 9.17) is 0 Å². The Bertz CT molecular complexity index is 1110. The van der Waals surface area contributed by atoms with Gasteiger partial charge in [-0.1, -0.05) is 25.1 Å². The largest absolute Gasteiger partial charge is 0.435 e. The Kier molecular flexibility index (Phi) is 5.18. The van der Waals surface area contributed by atoms with E-state index in [1.165, 1.54) is 34.4 Å². The molecule has 0 aliphatic carbocycles. The summed E-state index contributed by atoms with van der Waals surface area (Å²) in [6, 6.07) is 14.7. The number of nitrogens with one attached hydrogen (secondary N) is 1. The summed E-state index contributed by atoms with van der Waals surface area (Å²) in [6.45, 7) is 2.04. The van der Waals surface area contributed by atoms with E-state index in [0.29, 0.717) is 5.69 Å². The molecule has 0 aliphatic heterocycles. The number of anilines is 2. The molecule has 0 radical (unpaired) electrons. The molecule has 0 aliphatic rings. The summed E-state index contributed by atoms with van der Waals surface area (Å²) in [6.07, 6.45) is -4.45. The van der Waals surface area contributed by atoms with Gasteiger partial charge in [-0.3, -0.25) is 4.68 Å². The maximum Gasteiger partial charge on any atom is 0.435 e. The van der Waals surface area contributed by atoms with Gasteiger partial charge in [0.2, 0.25) is 0 Å². The third-order valence-electron chi connectivity index (χ3n) is 4.47. The van der Waals surface area contributed by atoms with Crippen LogP contribution in [0, 0.1) is 0 Å². The van der Waals surface area contributed by atoms with Crippen molar-refractivity contribution in [2.75, 3.05) is 5.32 Å². The summed E-state index contributed by atoms with van der Waals surface area (Å²) in [7, 11) is 1.52. The van der Waals surface area contributed by atoms with Crippen LogP contribution < -0.4 is 5.32 Å². The Morgan fingerprint density at radius 1 is 1.10 bits per heavy atom. The molecule has 1 unspecified atom stereocenters. The van der Waals surface area contributed by atoms with Crippen LogP contribution in [0.2, 0.25) is 0 Å². The number of hydrogen-bond acceptors (Lipinski definition) is 5. The summed E-state index contributed by atoms with van der Waals surface area (Å²) in [5.41, 5.74) is 1.46. The highest BCUT2D eigenvalue weighted by molar-refractivity contribution is 7.15. The van der Waals surface area contributed by atoms with Gasteiger partial charge in [-0.15, -0.1) is 22.7 Å². The van der Waals surface area contributed by atoms with Crippen LogP contribution in [0.5, 0.6) is 0 Å². The highest BCUT2D eigenvalue weighted by Crippen LogP contribution is 2.38. The minimum absolute atomic E-state index is 0.0339. The second-order valence-corrected chi connectivity index (χ2v) is 8.50. The topological polar surface area (TPSA) is 42.7 Å². The molecule has 4 nitrogen and oxygen atoms in total. The van der Waals surface area contributed by atoms with E-state index in [-0.39, 0.29) is 5.92 Å². The van der Waals surface area contributed by atoms with Crippen LogP contribution in [0.3, 0.4) is 0 Å². The first-order chi connectivity index (χ1) is 13.8. The number of alkyl halides is 3. The van der Waals surface area contributed by atoms with Crippen LogP contribution in [-0.2, 0) is 13.2 Å². The van der Waals surface area contributed by atoms with Crippen molar-refractivity contribution in [3.63, 3.8) is 0 Å². The zero-order chi connectivity index (χ0) is 20.6. The molecular weight excluding hydrogens is 417 g/mol. The molecule has 1 aromatic carbocycles. The Morgan fingerprint density at radius 3 is 2.55 bits per heavy atom. The lowest BCUT2D eigenvalue weighted by molar-refractivity contribution is -0.141. The number of halogens is 3. The van der Waals surface area contributed by atoms with Crippen molar-refractivity contribution in [1.29, 1.82) is 0 Å². The maximum absolute atomic E-state index is 12.9. The zero-order valence-electron chi connectivity index (χ0n) is 15.6. The van der Waals surface area contributed by atoms with Crippen LogP contribution in [-0.4, -0.2) is 14.8 Å². The quantitative estimate of drug-likeness (QED) is 0.389. The van der Waals surface area contributed by atoms with Gasteiger partial charge in [-0.2, -0.15) is 18.3 Å². The molecule has 0 spiro atoms. The zero-order valence-corrected chi connectivity index (χ0v) is 17.2. The molecule has 0 saturated heterocycles. The number of para-hydroxylation sites is 1. The monoisotopic (exact) mass is 434 g/mol. The molecule has 0 bridgehead atoms. The van der Waals surface area contributed by atoms with Crippen LogP contribution in [0.1, 0.15) is 29.1 Å². The van der Waals surface area contributed by atoms with Crippen molar-refractivity contribution in [2.45, 2.75) is 19.0 Å². The van der Waals surface area contributed by atoms with Gasteiger partial charge in [-0.25, -0.2) is 4.98 Å². The average Bonchev–Trinajstić information content (AvgIpc) is 3.41. The number of nitrogens with zero attached hydrogens (tertiary/aromatic N) is 3. The molecule has 4 rings (SSSR count). The average molecular weight is 435 g/mol. The van der Waals surface area contributed by atoms with E-state index in [2.05, 4.69) is 15.4 Å². The standard InChI is InChI=1S/C20H17F3N4S2/c1-12(14-11-28-19(25-14)24-13-6-4-3-5-7-13)16-8-9-17(29-16)15-10-18(20(21,22)23)26-27(15)2/h3-12H,1-2H3,(H,24,25). The minimum atomic E-state index is -4.45. The highest BCUT2D eigenvalue weighted by Gasteiger charge is 2.34. The molecular formula is C20H17F3N4S2. The van der Waals surface area contributed by atoms with Gasteiger partial charge >= 0.3 is 6.18 Å². The molecule has 0 fully saturated rings. The highest BCUT2D eigenvalue weighted by atomic mass is 32.1. The number of thiophene rings is 1. The lowest BCUT2D eigenvalue weighted by atomic mass is 10.1. The van der Waals surface area contributed by atoms with Crippen LogP contribution in [0.25, 0.3) is 10.6 Å². The molecule has 29 heavy (non-hydrogen) atoms. The molecule has 3 aromatic heterocycles. The number of thiazole rings is 1. The third kappa shape index (κ3) is 4.20. The second kappa shape index (κ2) is 7.64. The molecule has 1 atom stereocenters. The Balaban J connectivity index is 1.53. The van der Waals surface area contributed by atoms with Gasteiger partial charge in [0.25, 0.3) is 0 Å². The van der Waals surface area contributed by atoms with Crippen molar-refractivity contribution in [3.8, 4) is 10.6 Å². The number of aromatic nitrogens is 3. The number of aryl methyl sites for hydroxylation is 1. The molecule has 4 aromatic rings. The van der Waals surface area contributed by atoms with Crippen molar-refractivity contribution < 1.29 is 13.2 Å². The van der Waals surface area contributed by atoms with E-state index >= 15 is 0 Å². The van der Waals surface area contributed by atoms with E-state index in [1.807, 2.05) is 54.8 Å². The number of hydrogen-bond donors (Lipinski definition) is 1. The van der Waals surface area contributed by atoms with Gasteiger partial charge in [0.05, 0.1) is 16.3 Å². The molecule has 0 amide bonds. The number of benzene rings is 1. The molecule has 1 N–H and O–H groups in total. The van der Waals surface area contributed by atoms with E-state index < -0.39 is 11.9 Å². The SMILES string of the molecule is CC(c1csc(Nc2ccccc2)n1)c1ccc(-c2cc(C(F)(F)F)nn2C)s1. The first kappa shape index (κ1) is 19.7. The first-order valence-electron chi connectivity index (χ1n) is 8.80. The van der Waals surface area contributed by atoms with Crippen LogP contribution >= 0.6 is 22.7 Å². The normalized spacial score (nSPS) is 12.9. The molecule has 3 heterocycles. The Morgan fingerprint density at radius 2 is 1.86 bits per heavy atom. The van der Waals surface area contributed by atoms with Gasteiger partial charge in [0, 0.05) is 28.9 Å². The van der Waals surface area contributed by atoms with E-state index in [1.54, 1.807) is 0 Å². The fraction of sp³-hybridized carbons (Fsp3) is 0.200. The van der Waals surface area contributed by atoms with Gasteiger partial charge < -0.3 is 5.32 Å². The molecule has 9 heteroatoms. The van der Waals surface area contributed by atoms with Gasteiger partial charge in [0.1, 0.15) is 0 Å². The third-order valence-corrected chi connectivity index (χ3v) is 6.53. The minimum Gasteiger partial charge on any atom is -0.332 e. The van der Waals surface area contributed by atoms with Crippen molar-refractivity contribution in [2.24, 2.45) is 7.05 Å². The summed E-state index contributed by atoms with van der Waals surface area (Å²) in [5.74, 6) is 0.0339. The molecule has 150 valence electrons. The van der Waals surface area contributed by atoms with Gasteiger partial charge in [0.15, 0.2) is 10.8 Å².